The maximum absolute atomic E-state index is 13.1. The fraction of sp³-hybridized carbons (Fsp3) is 0.750. The molecule has 2 saturated carbocycles. The van der Waals surface area contributed by atoms with Crippen molar-refractivity contribution in [1.29, 1.82) is 0 Å². The second-order valence-corrected chi connectivity index (χ2v) is 11.0. The third-order valence-corrected chi connectivity index (χ3v) is 9.41. The zero-order valence-corrected chi connectivity index (χ0v) is 17.9. The first-order valence-electron chi connectivity index (χ1n) is 11.0. The molecule has 5 heteroatoms. The summed E-state index contributed by atoms with van der Waals surface area (Å²) in [6.45, 7) is 9.96. The van der Waals surface area contributed by atoms with E-state index < -0.39 is 11.4 Å². The Kier molecular flexibility index (Phi) is 3.15. The molecular weight excluding hydrogens is 368 g/mol. The van der Waals surface area contributed by atoms with Crippen molar-refractivity contribution in [2.24, 2.45) is 22.7 Å². The van der Waals surface area contributed by atoms with Crippen LogP contribution in [0.1, 0.15) is 60.3 Å². The molecule has 156 valence electrons. The van der Waals surface area contributed by atoms with Crippen LogP contribution >= 0.6 is 0 Å². The molecule has 0 aromatic carbocycles. The fourth-order valence-corrected chi connectivity index (χ4v) is 8.30. The lowest BCUT2D eigenvalue weighted by Crippen LogP contribution is -2.62. The fourth-order valence-electron chi connectivity index (χ4n) is 8.30. The predicted molar refractivity (Wildman–Crippen MR) is 105 cm³/mol. The average Bonchev–Trinajstić information content (AvgIpc) is 3.19. The zero-order chi connectivity index (χ0) is 20.6. The van der Waals surface area contributed by atoms with Gasteiger partial charge in [0.2, 0.25) is 0 Å². The summed E-state index contributed by atoms with van der Waals surface area (Å²) in [5.74, 6) is 0.0901. The quantitative estimate of drug-likeness (QED) is 0.500. The van der Waals surface area contributed by atoms with Gasteiger partial charge in [0.05, 0.1) is 12.2 Å². The van der Waals surface area contributed by atoms with Crippen molar-refractivity contribution >= 4 is 11.6 Å². The molecular formula is C24H30O5. The molecule has 4 fully saturated rings. The summed E-state index contributed by atoms with van der Waals surface area (Å²) in [5.41, 5.74) is -0.506. The second kappa shape index (κ2) is 4.95. The molecule has 0 aromatic rings. The number of ketones is 2. The highest BCUT2D eigenvalue weighted by Gasteiger charge is 2.84. The van der Waals surface area contributed by atoms with E-state index in [0.29, 0.717) is 12.3 Å². The standard InChI is InChI=1S/C24H30O5/c1-13(25)23-18(27-20(2,3)29-23)11-17-16-7-6-14-10-15(26)8-9-21(14,4)24(16)19(28-24)12-22(17,23)5/h6,8-9,16-19H,7,10-12H2,1-5H3/t16?,17?,18-,19+,21?,22?,23-,24-/m1/s1. The molecule has 4 unspecified atom stereocenters. The zero-order valence-electron chi connectivity index (χ0n) is 17.9. The average molecular weight is 398 g/mol. The minimum Gasteiger partial charge on any atom is -0.364 e. The first kappa shape index (κ1) is 18.5. The summed E-state index contributed by atoms with van der Waals surface area (Å²) in [6, 6.07) is 0. The third-order valence-electron chi connectivity index (χ3n) is 9.41. The molecule has 0 bridgehead atoms. The van der Waals surface area contributed by atoms with E-state index in [0.717, 1.165) is 19.3 Å². The van der Waals surface area contributed by atoms with Crippen LogP contribution in [0.15, 0.2) is 23.8 Å². The van der Waals surface area contributed by atoms with Crippen molar-refractivity contribution in [2.45, 2.75) is 89.5 Å². The van der Waals surface area contributed by atoms with Crippen LogP contribution in [-0.4, -0.2) is 40.8 Å². The summed E-state index contributed by atoms with van der Waals surface area (Å²) in [6.07, 6.45) is 9.01. The van der Waals surface area contributed by atoms with Gasteiger partial charge in [-0.05, 0) is 64.9 Å². The van der Waals surface area contributed by atoms with Crippen LogP contribution in [0.2, 0.25) is 0 Å². The molecule has 0 aromatic heterocycles. The highest BCUT2D eigenvalue weighted by Crippen LogP contribution is 2.77. The lowest BCUT2D eigenvalue weighted by molar-refractivity contribution is -0.208. The molecule has 0 amide bonds. The molecule has 2 aliphatic heterocycles. The second-order valence-electron chi connectivity index (χ2n) is 11.0. The number of ether oxygens (including phenoxy) is 3. The maximum Gasteiger partial charge on any atom is 0.164 e. The number of hydrogen-bond acceptors (Lipinski definition) is 5. The van der Waals surface area contributed by atoms with E-state index in [1.807, 2.05) is 13.8 Å². The number of carbonyl (C=O) groups is 2. The monoisotopic (exact) mass is 398 g/mol. The van der Waals surface area contributed by atoms with Gasteiger partial charge in [-0.25, -0.2) is 0 Å². The van der Waals surface area contributed by atoms with Crippen LogP contribution in [0, 0.1) is 22.7 Å². The molecule has 29 heavy (non-hydrogen) atoms. The number of epoxide rings is 1. The topological polar surface area (TPSA) is 65.1 Å². The summed E-state index contributed by atoms with van der Waals surface area (Å²) in [5, 5.41) is 0. The van der Waals surface area contributed by atoms with E-state index in [1.165, 1.54) is 5.57 Å². The van der Waals surface area contributed by atoms with Gasteiger partial charge in [-0.2, -0.15) is 0 Å². The van der Waals surface area contributed by atoms with Crippen molar-refractivity contribution < 1.29 is 23.8 Å². The van der Waals surface area contributed by atoms with Crippen molar-refractivity contribution in [2.75, 3.05) is 0 Å². The first-order valence-corrected chi connectivity index (χ1v) is 11.0. The van der Waals surface area contributed by atoms with E-state index in [2.05, 4.69) is 26.0 Å². The first-order chi connectivity index (χ1) is 13.5. The Balaban J connectivity index is 1.47. The normalized spacial score (nSPS) is 55.9. The molecule has 0 N–H and O–H groups in total. The van der Waals surface area contributed by atoms with Gasteiger partial charge in [0.1, 0.15) is 5.60 Å². The van der Waals surface area contributed by atoms with E-state index in [4.69, 9.17) is 14.2 Å². The minimum atomic E-state index is -0.900. The largest absolute Gasteiger partial charge is 0.364 e. The van der Waals surface area contributed by atoms with Crippen LogP contribution in [0.3, 0.4) is 0 Å². The number of hydrogen-bond donors (Lipinski definition) is 0. The van der Waals surface area contributed by atoms with Crippen LogP contribution in [0.4, 0.5) is 0 Å². The van der Waals surface area contributed by atoms with Crippen LogP contribution in [-0.2, 0) is 23.8 Å². The molecule has 5 nitrogen and oxygen atoms in total. The SMILES string of the molecule is CC(=O)[C@@]12OC(C)(C)O[C@@H]1CC1C3CC=C4CC(=O)C=CC4(C)[C@@]34O[C@H]4CC12C. The van der Waals surface area contributed by atoms with E-state index in [-0.39, 0.29) is 46.1 Å². The van der Waals surface area contributed by atoms with Crippen molar-refractivity contribution in [3.05, 3.63) is 23.8 Å². The van der Waals surface area contributed by atoms with Gasteiger partial charge < -0.3 is 14.2 Å². The van der Waals surface area contributed by atoms with Crippen molar-refractivity contribution in [1.82, 2.24) is 0 Å². The maximum atomic E-state index is 13.1. The van der Waals surface area contributed by atoms with E-state index >= 15 is 0 Å². The van der Waals surface area contributed by atoms with E-state index in [9.17, 15) is 9.59 Å². The predicted octanol–water partition coefficient (Wildman–Crippen LogP) is 3.51. The van der Waals surface area contributed by atoms with Crippen LogP contribution in [0.25, 0.3) is 0 Å². The Bertz CT molecular complexity index is 916. The van der Waals surface area contributed by atoms with E-state index in [1.54, 1.807) is 13.0 Å². The highest BCUT2D eigenvalue weighted by atomic mass is 16.8. The van der Waals surface area contributed by atoms with Gasteiger partial charge in [0, 0.05) is 17.3 Å². The van der Waals surface area contributed by atoms with Crippen LogP contribution < -0.4 is 0 Å². The van der Waals surface area contributed by atoms with Gasteiger partial charge in [-0.3, -0.25) is 9.59 Å². The molecule has 2 saturated heterocycles. The Morgan fingerprint density at radius 2 is 1.86 bits per heavy atom. The number of allylic oxidation sites excluding steroid dienone is 2. The van der Waals surface area contributed by atoms with Gasteiger partial charge >= 0.3 is 0 Å². The summed E-state index contributed by atoms with van der Waals surface area (Å²) >= 11 is 0. The number of carbonyl (C=O) groups excluding carboxylic acids is 2. The van der Waals surface area contributed by atoms with Gasteiger partial charge in [-0.15, -0.1) is 0 Å². The molecule has 6 aliphatic rings. The number of fused-ring (bicyclic) bond motifs is 5. The van der Waals surface area contributed by atoms with Crippen LogP contribution in [0.5, 0.6) is 0 Å². The summed E-state index contributed by atoms with van der Waals surface area (Å²) in [4.78, 5) is 25.1. The molecule has 6 rings (SSSR count). The lowest BCUT2D eigenvalue weighted by atomic mass is 9.47. The molecule has 0 radical (unpaired) electrons. The number of Topliss-reactive ketones (excluding diaryl/α,β-unsaturated/α-hetero) is 1. The Morgan fingerprint density at radius 1 is 1.10 bits per heavy atom. The van der Waals surface area contributed by atoms with Gasteiger partial charge in [-0.1, -0.05) is 24.6 Å². The van der Waals surface area contributed by atoms with Gasteiger partial charge in [0.25, 0.3) is 0 Å². The smallest absolute Gasteiger partial charge is 0.164 e. The summed E-state index contributed by atoms with van der Waals surface area (Å²) in [7, 11) is 0. The third kappa shape index (κ3) is 1.82. The molecule has 1 spiro atoms. The van der Waals surface area contributed by atoms with Gasteiger partial charge in [0.15, 0.2) is 23.0 Å². The Hall–Kier alpha value is -1.30. The van der Waals surface area contributed by atoms with Crippen molar-refractivity contribution in [3.8, 4) is 0 Å². The lowest BCUT2D eigenvalue weighted by Gasteiger charge is -2.55. The molecule has 2 heterocycles. The Morgan fingerprint density at radius 3 is 2.59 bits per heavy atom. The van der Waals surface area contributed by atoms with Crippen molar-refractivity contribution in [3.63, 3.8) is 0 Å². The molecule has 8 atom stereocenters. The Labute approximate surface area is 171 Å². The highest BCUT2D eigenvalue weighted by molar-refractivity contribution is 5.93. The summed E-state index contributed by atoms with van der Waals surface area (Å²) < 4.78 is 19.4. The minimum absolute atomic E-state index is 0.0765. The number of rotatable bonds is 1. The molecule has 4 aliphatic carbocycles.